The Hall–Kier alpha value is -4.93. The molecule has 3 amide bonds. The molecule has 2 saturated heterocycles. The van der Waals surface area contributed by atoms with E-state index >= 15 is 0 Å². The monoisotopic (exact) mass is 821 g/mol. The number of aromatic nitrogens is 2. The molecule has 5 unspecified atom stereocenters. The number of ketones is 1. The second kappa shape index (κ2) is 19.6. The summed E-state index contributed by atoms with van der Waals surface area (Å²) in [5.41, 5.74) is 9.26. The number of Topliss-reactive ketones (excluding diaryl/α,β-unsaturated/α-hetero) is 1. The molecule has 0 spiro atoms. The van der Waals surface area contributed by atoms with Gasteiger partial charge in [-0.05, 0) is 105 Å². The quantitative estimate of drug-likeness (QED) is 0.166. The SMILES string of the molecule is COC(=O)NC(C(=O)N1CCCC(C2=C(C)CCC=C(Cc3ccc(-c4ccc5nc(C6CCCN6C(=O)C(C(C)C)C(C)CCC(C)=O)[nH]c5c4)cc3)N2C)C1)C(C)C. The number of likely N-dealkylation sites (tertiary alicyclic amines) is 2. The highest BCUT2D eigenvalue weighted by Crippen LogP contribution is 2.38. The number of aromatic amines is 1. The molecule has 4 heterocycles. The number of methoxy groups -OCH3 is 1. The Morgan fingerprint density at radius 3 is 2.33 bits per heavy atom. The zero-order valence-electron chi connectivity index (χ0n) is 37.5. The van der Waals surface area contributed by atoms with Crippen molar-refractivity contribution >= 4 is 34.7 Å². The molecule has 0 saturated carbocycles. The average molecular weight is 821 g/mol. The van der Waals surface area contributed by atoms with Gasteiger partial charge in [0.1, 0.15) is 17.6 Å². The Kier molecular flexibility index (Phi) is 14.6. The minimum atomic E-state index is -0.627. The third-order valence-electron chi connectivity index (χ3n) is 13.2. The number of imidazole rings is 1. The molecule has 3 aliphatic rings. The van der Waals surface area contributed by atoms with E-state index < -0.39 is 12.1 Å². The van der Waals surface area contributed by atoms with Crippen molar-refractivity contribution < 1.29 is 23.9 Å². The number of H-pyrrole nitrogens is 1. The van der Waals surface area contributed by atoms with Gasteiger partial charge in [0.25, 0.3) is 0 Å². The molecule has 0 bridgehead atoms. The summed E-state index contributed by atoms with van der Waals surface area (Å²) in [5.74, 6) is 1.47. The summed E-state index contributed by atoms with van der Waals surface area (Å²) in [6.07, 6.45) is 9.52. The van der Waals surface area contributed by atoms with E-state index in [4.69, 9.17) is 9.72 Å². The predicted octanol–water partition coefficient (Wildman–Crippen LogP) is 9.22. The number of carbonyl (C=O) groups excluding carboxylic acids is 4. The number of alkyl carbamates (subject to hydrolysis) is 1. The standard InChI is InChI=1S/C49H68N6O5/c1-30(2)43(32(5)17-18-34(7)56)47(57)55-26-12-16-42(55)46-50-40-24-23-37(28-41(40)51-46)36-21-19-35(20-22-36)27-39-15-10-13-33(6)45(53(39)8)38-14-11-25-54(29-38)48(58)44(31(3)4)52-49(59)60-9/h15,19-24,28,30-32,38,42-44H,10-14,16-18,25-27,29H2,1-9H3,(H,50,51)(H,52,59). The van der Waals surface area contributed by atoms with E-state index in [0.717, 1.165) is 85.9 Å². The summed E-state index contributed by atoms with van der Waals surface area (Å²) in [4.78, 5) is 66.5. The van der Waals surface area contributed by atoms with Crippen molar-refractivity contribution in [3.05, 3.63) is 76.9 Å². The van der Waals surface area contributed by atoms with E-state index in [9.17, 15) is 19.2 Å². The number of hydrogen-bond donors (Lipinski definition) is 2. The first-order valence-corrected chi connectivity index (χ1v) is 22.3. The molecular formula is C49H68N6O5. The van der Waals surface area contributed by atoms with Crippen LogP contribution in [-0.2, 0) is 25.5 Å². The largest absolute Gasteiger partial charge is 0.453 e. The molecule has 3 aliphatic heterocycles. The minimum absolute atomic E-state index is 0.0475. The molecule has 2 fully saturated rings. The molecule has 2 N–H and O–H groups in total. The van der Waals surface area contributed by atoms with Crippen LogP contribution in [-0.4, -0.2) is 88.2 Å². The van der Waals surface area contributed by atoms with E-state index in [1.165, 1.54) is 29.6 Å². The number of ether oxygens (including phenoxy) is 1. The van der Waals surface area contributed by atoms with Gasteiger partial charge in [0.05, 0.1) is 24.2 Å². The van der Waals surface area contributed by atoms with Crippen LogP contribution in [0.4, 0.5) is 4.79 Å². The van der Waals surface area contributed by atoms with Crippen LogP contribution in [0.15, 0.2) is 65.5 Å². The number of amides is 3. The zero-order chi connectivity index (χ0) is 43.2. The number of nitrogens with one attached hydrogen (secondary N) is 2. The maximum Gasteiger partial charge on any atom is 0.407 e. The fourth-order valence-corrected chi connectivity index (χ4v) is 9.96. The first-order valence-electron chi connectivity index (χ1n) is 22.3. The van der Waals surface area contributed by atoms with Crippen LogP contribution in [0.1, 0.15) is 117 Å². The molecule has 3 aromatic rings. The highest BCUT2D eigenvalue weighted by atomic mass is 16.5. The van der Waals surface area contributed by atoms with Crippen LogP contribution >= 0.6 is 0 Å². The Balaban J connectivity index is 1.13. The van der Waals surface area contributed by atoms with Crippen molar-refractivity contribution in [2.45, 2.75) is 118 Å². The number of rotatable bonds is 14. The molecule has 2 aromatic carbocycles. The van der Waals surface area contributed by atoms with Crippen LogP contribution in [0, 0.1) is 29.6 Å². The van der Waals surface area contributed by atoms with Crippen LogP contribution in [0.5, 0.6) is 0 Å². The lowest BCUT2D eigenvalue weighted by Gasteiger charge is -2.40. The van der Waals surface area contributed by atoms with Crippen LogP contribution in [0.2, 0.25) is 0 Å². The van der Waals surface area contributed by atoms with Crippen LogP contribution < -0.4 is 5.32 Å². The molecule has 0 radical (unpaired) electrons. The van der Waals surface area contributed by atoms with E-state index in [-0.39, 0.29) is 53.2 Å². The smallest absolute Gasteiger partial charge is 0.407 e. The highest BCUT2D eigenvalue weighted by molar-refractivity contribution is 5.86. The Morgan fingerprint density at radius 1 is 0.933 bits per heavy atom. The number of benzene rings is 2. The van der Waals surface area contributed by atoms with E-state index in [1.54, 1.807) is 6.92 Å². The summed E-state index contributed by atoms with van der Waals surface area (Å²) in [6, 6.07) is 14.5. The minimum Gasteiger partial charge on any atom is -0.453 e. The Morgan fingerprint density at radius 2 is 1.65 bits per heavy atom. The number of hydrogen-bond acceptors (Lipinski definition) is 7. The number of fused-ring (bicyclic) bond motifs is 1. The van der Waals surface area contributed by atoms with Gasteiger partial charge in [-0.25, -0.2) is 9.78 Å². The predicted molar refractivity (Wildman–Crippen MR) is 238 cm³/mol. The molecular weight excluding hydrogens is 753 g/mol. The maximum absolute atomic E-state index is 14.1. The molecule has 60 heavy (non-hydrogen) atoms. The normalized spacial score (nSPS) is 20.3. The lowest BCUT2D eigenvalue weighted by molar-refractivity contribution is -0.140. The van der Waals surface area contributed by atoms with E-state index in [1.807, 2.05) is 23.6 Å². The number of piperidine rings is 1. The fraction of sp³-hybridized carbons (Fsp3) is 0.571. The van der Waals surface area contributed by atoms with Gasteiger partial charge in [-0.2, -0.15) is 0 Å². The number of allylic oxidation sites excluding steroid dienone is 3. The van der Waals surface area contributed by atoms with Crippen molar-refractivity contribution in [3.8, 4) is 11.1 Å². The van der Waals surface area contributed by atoms with Gasteiger partial charge in [0.15, 0.2) is 0 Å². The Bertz CT molecular complexity index is 2080. The molecule has 324 valence electrons. The Labute approximate surface area is 357 Å². The van der Waals surface area contributed by atoms with E-state index in [0.29, 0.717) is 19.5 Å². The van der Waals surface area contributed by atoms with Crippen molar-refractivity contribution in [2.75, 3.05) is 33.8 Å². The van der Waals surface area contributed by atoms with Gasteiger partial charge < -0.3 is 34.5 Å². The number of carbonyl (C=O) groups is 4. The van der Waals surface area contributed by atoms with Crippen molar-refractivity contribution in [2.24, 2.45) is 29.6 Å². The number of likely N-dealkylation sites (N-methyl/N-ethyl adjacent to an activating group) is 1. The highest BCUT2D eigenvalue weighted by Gasteiger charge is 2.39. The van der Waals surface area contributed by atoms with Gasteiger partial charge in [0, 0.05) is 62.8 Å². The topological polar surface area (TPSA) is 128 Å². The summed E-state index contributed by atoms with van der Waals surface area (Å²) in [7, 11) is 3.50. The summed E-state index contributed by atoms with van der Waals surface area (Å²) in [5, 5.41) is 2.76. The lowest BCUT2D eigenvalue weighted by Crippen LogP contribution is -2.54. The van der Waals surface area contributed by atoms with Gasteiger partial charge in [-0.1, -0.05) is 76.6 Å². The van der Waals surface area contributed by atoms with Crippen molar-refractivity contribution in [3.63, 3.8) is 0 Å². The summed E-state index contributed by atoms with van der Waals surface area (Å²) >= 11 is 0. The van der Waals surface area contributed by atoms with Gasteiger partial charge in [-0.15, -0.1) is 0 Å². The van der Waals surface area contributed by atoms with Gasteiger partial charge in [-0.3, -0.25) is 9.59 Å². The second-order valence-corrected chi connectivity index (χ2v) is 18.3. The van der Waals surface area contributed by atoms with Gasteiger partial charge >= 0.3 is 6.09 Å². The summed E-state index contributed by atoms with van der Waals surface area (Å²) < 4.78 is 4.82. The second-order valence-electron chi connectivity index (χ2n) is 18.3. The summed E-state index contributed by atoms with van der Waals surface area (Å²) in [6.45, 7) is 16.1. The number of nitrogens with zero attached hydrogens (tertiary/aromatic N) is 4. The molecule has 1 aromatic heterocycles. The third kappa shape index (κ3) is 10.1. The maximum atomic E-state index is 14.1. The zero-order valence-corrected chi connectivity index (χ0v) is 37.5. The molecule has 11 nitrogen and oxygen atoms in total. The first-order chi connectivity index (χ1) is 28.7. The van der Waals surface area contributed by atoms with E-state index in [2.05, 4.69) is 98.5 Å². The lowest BCUT2D eigenvalue weighted by atomic mass is 9.80. The molecule has 11 heteroatoms. The van der Waals surface area contributed by atoms with Crippen molar-refractivity contribution in [1.29, 1.82) is 0 Å². The molecule has 6 rings (SSSR count). The fourth-order valence-electron chi connectivity index (χ4n) is 9.96. The average Bonchev–Trinajstić information content (AvgIpc) is 3.86. The molecule has 5 atom stereocenters. The first kappa shape index (κ1) is 44.6. The van der Waals surface area contributed by atoms with Crippen molar-refractivity contribution in [1.82, 2.24) is 30.0 Å². The van der Waals surface area contributed by atoms with Crippen LogP contribution in [0.3, 0.4) is 0 Å². The van der Waals surface area contributed by atoms with Crippen LogP contribution in [0.25, 0.3) is 22.2 Å². The van der Waals surface area contributed by atoms with Gasteiger partial charge in [0.2, 0.25) is 11.8 Å². The molecule has 0 aliphatic carbocycles. The third-order valence-corrected chi connectivity index (χ3v) is 13.2.